The second-order valence-electron chi connectivity index (χ2n) is 5.36. The summed E-state index contributed by atoms with van der Waals surface area (Å²) in [6.07, 6.45) is 4.03. The molecule has 5 heteroatoms. The van der Waals surface area contributed by atoms with Gasteiger partial charge < -0.3 is 15.4 Å². The summed E-state index contributed by atoms with van der Waals surface area (Å²) in [5.74, 6) is 1.68. The zero-order valence-corrected chi connectivity index (χ0v) is 13.4. The van der Waals surface area contributed by atoms with E-state index in [9.17, 15) is 4.79 Å². The van der Waals surface area contributed by atoms with E-state index in [1.807, 2.05) is 24.3 Å². The number of piperidine rings is 1. The molecule has 1 fully saturated rings. The Balaban J connectivity index is 0.00000220. The predicted molar refractivity (Wildman–Crippen MR) is 86.9 cm³/mol. The van der Waals surface area contributed by atoms with Crippen LogP contribution in [0.5, 0.6) is 5.75 Å². The summed E-state index contributed by atoms with van der Waals surface area (Å²) in [7, 11) is 1.65. The lowest BCUT2D eigenvalue weighted by atomic mass is 9.93. The second-order valence-corrected chi connectivity index (χ2v) is 5.36. The molecule has 0 saturated carbocycles. The molecule has 1 aliphatic rings. The molecule has 1 saturated heterocycles. The normalized spacial score (nSPS) is 15.1. The van der Waals surface area contributed by atoms with E-state index in [2.05, 4.69) is 10.6 Å². The first kappa shape index (κ1) is 17.8. The molecule has 1 aromatic carbocycles. The minimum Gasteiger partial charge on any atom is -0.497 e. The molecule has 1 aliphatic heterocycles. The first-order valence-corrected chi connectivity index (χ1v) is 7.38. The molecule has 21 heavy (non-hydrogen) atoms. The number of rotatable bonds is 6. The van der Waals surface area contributed by atoms with Crippen LogP contribution < -0.4 is 15.4 Å². The number of nitrogens with one attached hydrogen (secondary N) is 2. The topological polar surface area (TPSA) is 50.4 Å². The molecular weight excluding hydrogens is 288 g/mol. The molecule has 0 aliphatic carbocycles. The Hall–Kier alpha value is -1.26. The van der Waals surface area contributed by atoms with Gasteiger partial charge >= 0.3 is 0 Å². The zero-order chi connectivity index (χ0) is 14.2. The van der Waals surface area contributed by atoms with Crippen molar-refractivity contribution in [3.05, 3.63) is 29.8 Å². The maximum atomic E-state index is 11.9. The van der Waals surface area contributed by atoms with Gasteiger partial charge in [-0.25, -0.2) is 0 Å². The number of carbonyl (C=O) groups is 1. The van der Waals surface area contributed by atoms with Crippen LogP contribution in [0.2, 0.25) is 0 Å². The van der Waals surface area contributed by atoms with Crippen molar-refractivity contribution in [1.82, 2.24) is 10.6 Å². The highest BCUT2D eigenvalue weighted by molar-refractivity contribution is 5.85. The summed E-state index contributed by atoms with van der Waals surface area (Å²) >= 11 is 0. The fourth-order valence-corrected chi connectivity index (χ4v) is 2.58. The van der Waals surface area contributed by atoms with Crippen molar-refractivity contribution in [2.75, 3.05) is 20.2 Å². The van der Waals surface area contributed by atoms with Crippen LogP contribution in [0, 0.1) is 5.92 Å². The van der Waals surface area contributed by atoms with E-state index in [1.54, 1.807) is 7.11 Å². The van der Waals surface area contributed by atoms with Crippen LogP contribution in [0.3, 0.4) is 0 Å². The third-order valence-electron chi connectivity index (χ3n) is 3.86. The average Bonchev–Trinajstić information content (AvgIpc) is 2.52. The van der Waals surface area contributed by atoms with Crippen molar-refractivity contribution in [2.45, 2.75) is 32.2 Å². The largest absolute Gasteiger partial charge is 0.497 e. The predicted octanol–water partition coefficient (Wildman–Crippen LogP) is 2.51. The van der Waals surface area contributed by atoms with Crippen LogP contribution in [0.4, 0.5) is 0 Å². The molecule has 1 amide bonds. The summed E-state index contributed by atoms with van der Waals surface area (Å²) < 4.78 is 5.17. The molecule has 0 unspecified atom stereocenters. The van der Waals surface area contributed by atoms with Gasteiger partial charge in [0.25, 0.3) is 0 Å². The third-order valence-corrected chi connectivity index (χ3v) is 3.86. The Kier molecular flexibility index (Phi) is 8.16. The summed E-state index contributed by atoms with van der Waals surface area (Å²) in [6, 6.07) is 7.79. The molecular formula is C16H25ClN2O2. The van der Waals surface area contributed by atoms with Crippen molar-refractivity contribution >= 4 is 18.3 Å². The number of carbonyl (C=O) groups excluding carboxylic acids is 1. The fourth-order valence-electron chi connectivity index (χ4n) is 2.58. The second kappa shape index (κ2) is 9.64. The van der Waals surface area contributed by atoms with Crippen LogP contribution in [-0.2, 0) is 11.3 Å². The standard InChI is InChI=1S/C16H24N2O2.ClH/c1-20-15-4-2-3-14(11-15)12-18-16(19)6-5-13-7-9-17-10-8-13;/h2-4,11,13,17H,5-10,12H2,1H3,(H,18,19);1H. The van der Waals surface area contributed by atoms with Gasteiger partial charge in [0.05, 0.1) is 7.11 Å². The van der Waals surface area contributed by atoms with Gasteiger partial charge in [0.2, 0.25) is 5.91 Å². The number of hydrogen-bond donors (Lipinski definition) is 2. The Bertz CT molecular complexity index is 434. The molecule has 0 spiro atoms. The minimum atomic E-state index is 0. The molecule has 0 aromatic heterocycles. The summed E-state index contributed by atoms with van der Waals surface area (Å²) in [5.41, 5.74) is 1.07. The molecule has 0 bridgehead atoms. The number of benzene rings is 1. The van der Waals surface area contributed by atoms with Crippen LogP contribution in [0.1, 0.15) is 31.2 Å². The van der Waals surface area contributed by atoms with E-state index in [-0.39, 0.29) is 18.3 Å². The maximum Gasteiger partial charge on any atom is 0.220 e. The van der Waals surface area contributed by atoms with Gasteiger partial charge in [0.1, 0.15) is 5.75 Å². The summed E-state index contributed by atoms with van der Waals surface area (Å²) in [5, 5.41) is 6.33. The van der Waals surface area contributed by atoms with Crippen molar-refractivity contribution < 1.29 is 9.53 Å². The first-order chi connectivity index (χ1) is 9.78. The van der Waals surface area contributed by atoms with E-state index in [0.717, 1.165) is 30.8 Å². The minimum absolute atomic E-state index is 0. The molecule has 2 N–H and O–H groups in total. The molecule has 0 atom stereocenters. The van der Waals surface area contributed by atoms with Gasteiger partial charge in [-0.05, 0) is 56.0 Å². The summed E-state index contributed by atoms with van der Waals surface area (Å²) in [6.45, 7) is 2.76. The molecule has 1 heterocycles. The van der Waals surface area contributed by atoms with Gasteiger partial charge in [0.15, 0.2) is 0 Å². The summed E-state index contributed by atoms with van der Waals surface area (Å²) in [4.78, 5) is 11.9. The van der Waals surface area contributed by atoms with Crippen LogP contribution >= 0.6 is 12.4 Å². The van der Waals surface area contributed by atoms with Gasteiger partial charge in [0, 0.05) is 13.0 Å². The number of ether oxygens (including phenoxy) is 1. The van der Waals surface area contributed by atoms with Crippen molar-refractivity contribution in [3.8, 4) is 5.75 Å². The average molecular weight is 313 g/mol. The smallest absolute Gasteiger partial charge is 0.220 e. The molecule has 1 aromatic rings. The monoisotopic (exact) mass is 312 g/mol. The Morgan fingerprint density at radius 2 is 2.14 bits per heavy atom. The van der Waals surface area contributed by atoms with Gasteiger partial charge in [-0.1, -0.05) is 12.1 Å². The number of methoxy groups -OCH3 is 1. The SMILES string of the molecule is COc1cccc(CNC(=O)CCC2CCNCC2)c1.Cl. The molecule has 118 valence electrons. The Morgan fingerprint density at radius 3 is 2.86 bits per heavy atom. The lowest BCUT2D eigenvalue weighted by Crippen LogP contribution is -2.29. The highest BCUT2D eigenvalue weighted by Crippen LogP contribution is 2.17. The Morgan fingerprint density at radius 1 is 1.38 bits per heavy atom. The molecule has 2 rings (SSSR count). The van der Waals surface area contributed by atoms with Crippen molar-refractivity contribution in [2.24, 2.45) is 5.92 Å². The highest BCUT2D eigenvalue weighted by Gasteiger charge is 2.14. The van der Waals surface area contributed by atoms with E-state index >= 15 is 0 Å². The quantitative estimate of drug-likeness (QED) is 0.848. The van der Waals surface area contributed by atoms with Crippen LogP contribution in [0.25, 0.3) is 0 Å². The van der Waals surface area contributed by atoms with E-state index < -0.39 is 0 Å². The van der Waals surface area contributed by atoms with Crippen molar-refractivity contribution in [3.63, 3.8) is 0 Å². The van der Waals surface area contributed by atoms with E-state index in [1.165, 1.54) is 12.8 Å². The zero-order valence-electron chi connectivity index (χ0n) is 12.6. The highest BCUT2D eigenvalue weighted by atomic mass is 35.5. The number of halogens is 1. The van der Waals surface area contributed by atoms with Crippen LogP contribution in [-0.4, -0.2) is 26.1 Å². The van der Waals surface area contributed by atoms with Crippen molar-refractivity contribution in [1.29, 1.82) is 0 Å². The van der Waals surface area contributed by atoms with Gasteiger partial charge in [-0.3, -0.25) is 4.79 Å². The molecule has 4 nitrogen and oxygen atoms in total. The number of hydrogen-bond acceptors (Lipinski definition) is 3. The number of amides is 1. The lowest BCUT2D eigenvalue weighted by molar-refractivity contribution is -0.121. The maximum absolute atomic E-state index is 11.9. The van der Waals surface area contributed by atoms with E-state index in [4.69, 9.17) is 4.74 Å². The first-order valence-electron chi connectivity index (χ1n) is 7.38. The van der Waals surface area contributed by atoms with Gasteiger partial charge in [-0.2, -0.15) is 0 Å². The fraction of sp³-hybridized carbons (Fsp3) is 0.562. The lowest BCUT2D eigenvalue weighted by Gasteiger charge is -2.22. The Labute approximate surface area is 133 Å². The molecule has 0 radical (unpaired) electrons. The van der Waals surface area contributed by atoms with E-state index in [0.29, 0.717) is 18.9 Å². The van der Waals surface area contributed by atoms with Gasteiger partial charge in [-0.15, -0.1) is 12.4 Å². The third kappa shape index (κ3) is 6.36. The van der Waals surface area contributed by atoms with Crippen LogP contribution in [0.15, 0.2) is 24.3 Å².